The van der Waals surface area contributed by atoms with E-state index in [0.29, 0.717) is 17.8 Å². The molecule has 110 valence electrons. The fourth-order valence-corrected chi connectivity index (χ4v) is 2.35. The largest absolute Gasteiger partial charge is 0.438 e. The zero-order valence-electron chi connectivity index (χ0n) is 12.7. The number of nitrogens with zero attached hydrogens (tertiary/aromatic N) is 1. The lowest BCUT2D eigenvalue weighted by atomic mass is 10.0. The third kappa shape index (κ3) is 3.61. The Bertz CT molecular complexity index is 606. The minimum Gasteiger partial charge on any atom is -0.438 e. The van der Waals surface area contributed by atoms with Gasteiger partial charge in [-0.25, -0.2) is 4.98 Å². The van der Waals surface area contributed by atoms with Crippen molar-refractivity contribution in [2.75, 3.05) is 0 Å². The van der Waals surface area contributed by atoms with E-state index in [1.54, 1.807) is 6.20 Å². The summed E-state index contributed by atoms with van der Waals surface area (Å²) in [6.07, 6.45) is 4.35. The maximum Gasteiger partial charge on any atom is 0.223 e. The quantitative estimate of drug-likeness (QED) is 0.860. The number of aromatic nitrogens is 1. The van der Waals surface area contributed by atoms with Crippen molar-refractivity contribution in [3.63, 3.8) is 0 Å². The standard InChI is InChI=1S/C18H22N2O/c1-13(2)16-7-3-4-8-17(16)21-18-14(6-5-11-19-18)12-20-15-9-10-15/h3-8,11,13,15,20H,9-10,12H2,1-2H3. The summed E-state index contributed by atoms with van der Waals surface area (Å²) >= 11 is 0. The Hall–Kier alpha value is -1.87. The Balaban J connectivity index is 1.80. The van der Waals surface area contributed by atoms with Gasteiger partial charge in [0.25, 0.3) is 0 Å². The lowest BCUT2D eigenvalue weighted by Crippen LogP contribution is -2.16. The number of para-hydroxylation sites is 1. The molecule has 0 atom stereocenters. The van der Waals surface area contributed by atoms with E-state index < -0.39 is 0 Å². The molecule has 1 aliphatic carbocycles. The summed E-state index contributed by atoms with van der Waals surface area (Å²) in [5.74, 6) is 2.04. The molecule has 0 saturated heterocycles. The van der Waals surface area contributed by atoms with Crippen molar-refractivity contribution < 1.29 is 4.74 Å². The summed E-state index contributed by atoms with van der Waals surface area (Å²) in [6.45, 7) is 5.17. The summed E-state index contributed by atoms with van der Waals surface area (Å²) in [5, 5.41) is 3.52. The van der Waals surface area contributed by atoms with E-state index >= 15 is 0 Å². The van der Waals surface area contributed by atoms with E-state index in [-0.39, 0.29) is 0 Å². The average Bonchev–Trinajstić information content (AvgIpc) is 3.31. The average molecular weight is 282 g/mol. The van der Waals surface area contributed by atoms with Crippen LogP contribution in [-0.4, -0.2) is 11.0 Å². The molecule has 3 nitrogen and oxygen atoms in total. The summed E-state index contributed by atoms with van der Waals surface area (Å²) in [4.78, 5) is 4.41. The first kappa shape index (κ1) is 14.1. The topological polar surface area (TPSA) is 34.1 Å². The number of hydrogen-bond acceptors (Lipinski definition) is 3. The van der Waals surface area contributed by atoms with E-state index in [2.05, 4.69) is 42.3 Å². The first-order valence-electron chi connectivity index (χ1n) is 7.68. The fraction of sp³-hybridized carbons (Fsp3) is 0.389. The van der Waals surface area contributed by atoms with Crippen LogP contribution in [0.5, 0.6) is 11.6 Å². The van der Waals surface area contributed by atoms with E-state index in [1.807, 2.05) is 18.2 Å². The van der Waals surface area contributed by atoms with Crippen molar-refractivity contribution in [3.05, 3.63) is 53.7 Å². The van der Waals surface area contributed by atoms with Gasteiger partial charge in [0, 0.05) is 24.3 Å². The normalized spacial score (nSPS) is 14.4. The van der Waals surface area contributed by atoms with E-state index in [1.165, 1.54) is 18.4 Å². The zero-order valence-corrected chi connectivity index (χ0v) is 12.7. The first-order valence-corrected chi connectivity index (χ1v) is 7.68. The lowest BCUT2D eigenvalue weighted by molar-refractivity contribution is 0.445. The van der Waals surface area contributed by atoms with E-state index in [9.17, 15) is 0 Å². The Kier molecular flexibility index (Phi) is 4.20. The van der Waals surface area contributed by atoms with Crippen molar-refractivity contribution >= 4 is 0 Å². The molecule has 3 heteroatoms. The molecule has 1 fully saturated rings. The summed E-state index contributed by atoms with van der Waals surface area (Å²) in [7, 11) is 0. The zero-order chi connectivity index (χ0) is 14.7. The van der Waals surface area contributed by atoms with Crippen molar-refractivity contribution in [2.45, 2.75) is 45.2 Å². The van der Waals surface area contributed by atoms with Crippen molar-refractivity contribution in [1.82, 2.24) is 10.3 Å². The van der Waals surface area contributed by atoms with Gasteiger partial charge >= 0.3 is 0 Å². The maximum atomic E-state index is 6.10. The molecule has 1 N–H and O–H groups in total. The second kappa shape index (κ2) is 6.27. The monoisotopic (exact) mass is 282 g/mol. The SMILES string of the molecule is CC(C)c1ccccc1Oc1ncccc1CNC1CC1. The molecular weight excluding hydrogens is 260 g/mol. The van der Waals surface area contributed by atoms with Crippen LogP contribution in [0.1, 0.15) is 43.7 Å². The van der Waals surface area contributed by atoms with Crippen LogP contribution >= 0.6 is 0 Å². The number of nitrogens with one attached hydrogen (secondary N) is 1. The van der Waals surface area contributed by atoms with Crippen molar-refractivity contribution in [1.29, 1.82) is 0 Å². The van der Waals surface area contributed by atoms with Gasteiger partial charge in [0.2, 0.25) is 5.88 Å². The lowest BCUT2D eigenvalue weighted by Gasteiger charge is -2.15. The van der Waals surface area contributed by atoms with Gasteiger partial charge < -0.3 is 10.1 Å². The Morgan fingerprint density at radius 1 is 1.19 bits per heavy atom. The predicted octanol–water partition coefficient (Wildman–Crippen LogP) is 4.25. The molecule has 0 amide bonds. The second-order valence-electron chi connectivity index (χ2n) is 5.92. The second-order valence-corrected chi connectivity index (χ2v) is 5.92. The number of hydrogen-bond donors (Lipinski definition) is 1. The summed E-state index contributed by atoms with van der Waals surface area (Å²) in [6, 6.07) is 12.9. The Labute approximate surface area is 126 Å². The van der Waals surface area contributed by atoms with Gasteiger partial charge in [-0.1, -0.05) is 38.1 Å². The molecule has 21 heavy (non-hydrogen) atoms. The molecule has 1 heterocycles. The van der Waals surface area contributed by atoms with Gasteiger partial charge in [-0.2, -0.15) is 0 Å². The molecule has 0 unspecified atom stereocenters. The molecule has 2 aromatic rings. The number of ether oxygens (including phenoxy) is 1. The minimum absolute atomic E-state index is 0.429. The van der Waals surface area contributed by atoms with Gasteiger partial charge in [0.05, 0.1) is 0 Å². The molecule has 0 spiro atoms. The van der Waals surface area contributed by atoms with E-state index in [0.717, 1.165) is 17.9 Å². The van der Waals surface area contributed by atoms with Crippen LogP contribution in [0.4, 0.5) is 0 Å². The highest BCUT2D eigenvalue weighted by molar-refractivity contribution is 5.39. The minimum atomic E-state index is 0.429. The number of rotatable bonds is 6. The van der Waals surface area contributed by atoms with Gasteiger partial charge in [-0.3, -0.25) is 0 Å². The molecule has 1 aromatic carbocycles. The first-order chi connectivity index (χ1) is 10.2. The molecule has 1 aliphatic rings. The fourth-order valence-electron chi connectivity index (χ4n) is 2.35. The van der Waals surface area contributed by atoms with Crippen LogP contribution in [0.3, 0.4) is 0 Å². The highest BCUT2D eigenvalue weighted by atomic mass is 16.5. The maximum absolute atomic E-state index is 6.10. The number of pyridine rings is 1. The summed E-state index contributed by atoms with van der Waals surface area (Å²) < 4.78 is 6.10. The van der Waals surface area contributed by atoms with Crippen LogP contribution in [0.2, 0.25) is 0 Å². The molecule has 0 bridgehead atoms. The molecular formula is C18H22N2O. The molecule has 1 aromatic heterocycles. The molecule has 3 rings (SSSR count). The van der Waals surface area contributed by atoms with Gasteiger partial charge in [-0.15, -0.1) is 0 Å². The van der Waals surface area contributed by atoms with Crippen molar-refractivity contribution in [2.24, 2.45) is 0 Å². The van der Waals surface area contributed by atoms with Crippen LogP contribution in [0, 0.1) is 0 Å². The smallest absolute Gasteiger partial charge is 0.223 e. The summed E-state index contributed by atoms with van der Waals surface area (Å²) in [5.41, 5.74) is 2.33. The highest BCUT2D eigenvalue weighted by Gasteiger charge is 2.21. The van der Waals surface area contributed by atoms with Crippen molar-refractivity contribution in [3.8, 4) is 11.6 Å². The predicted molar refractivity (Wildman–Crippen MR) is 84.7 cm³/mol. The molecule has 1 saturated carbocycles. The highest BCUT2D eigenvalue weighted by Crippen LogP contribution is 2.31. The van der Waals surface area contributed by atoms with Crippen LogP contribution < -0.4 is 10.1 Å². The molecule has 0 radical (unpaired) electrons. The van der Waals surface area contributed by atoms with Crippen LogP contribution in [0.15, 0.2) is 42.6 Å². The van der Waals surface area contributed by atoms with Gasteiger partial charge in [0.15, 0.2) is 0 Å². The molecule has 0 aliphatic heterocycles. The van der Waals surface area contributed by atoms with Crippen LogP contribution in [0.25, 0.3) is 0 Å². The van der Waals surface area contributed by atoms with Crippen LogP contribution in [-0.2, 0) is 6.54 Å². The van der Waals surface area contributed by atoms with E-state index in [4.69, 9.17) is 4.74 Å². The third-order valence-electron chi connectivity index (χ3n) is 3.76. The van der Waals surface area contributed by atoms with Gasteiger partial charge in [-0.05, 0) is 36.5 Å². The number of benzene rings is 1. The Morgan fingerprint density at radius 2 is 2.00 bits per heavy atom. The Morgan fingerprint density at radius 3 is 2.76 bits per heavy atom. The third-order valence-corrected chi connectivity index (χ3v) is 3.76. The van der Waals surface area contributed by atoms with Gasteiger partial charge in [0.1, 0.15) is 5.75 Å².